The van der Waals surface area contributed by atoms with E-state index in [2.05, 4.69) is 5.32 Å². The van der Waals surface area contributed by atoms with Gasteiger partial charge in [0, 0.05) is 39.3 Å². The Balaban J connectivity index is 1.51. The van der Waals surface area contributed by atoms with Crippen LogP contribution < -0.4 is 11.1 Å². The molecule has 3 N–H and O–H groups in total. The van der Waals surface area contributed by atoms with Crippen LogP contribution in [0.15, 0.2) is 24.3 Å². The molecule has 2 heterocycles. The Morgan fingerprint density at radius 1 is 1.32 bits per heavy atom. The van der Waals surface area contributed by atoms with E-state index in [0.717, 1.165) is 36.9 Å². The number of carbonyl (C=O) groups excluding carboxylic acids is 2. The Kier molecular flexibility index (Phi) is 6.04. The van der Waals surface area contributed by atoms with E-state index in [0.29, 0.717) is 32.7 Å². The maximum absolute atomic E-state index is 12.3. The van der Waals surface area contributed by atoms with E-state index in [1.165, 1.54) is 0 Å². The molecule has 0 aliphatic carbocycles. The van der Waals surface area contributed by atoms with Crippen molar-refractivity contribution >= 4 is 11.8 Å². The number of likely N-dealkylation sites (tertiary alicyclic amines) is 1. The summed E-state index contributed by atoms with van der Waals surface area (Å²) in [5.74, 6) is 0.314. The molecule has 1 unspecified atom stereocenters. The molecule has 6 nitrogen and oxygen atoms in total. The standard InChI is InChI=1S/C19H27N3O3/c20-18(16-6-9-25-10-7-16)19(24)21-12-14-3-1-4-15(11-14)13-22-8-2-5-17(22)23/h1,3-4,11,16,18H,2,5-10,12-13,20H2,(H,21,24). The van der Waals surface area contributed by atoms with E-state index in [4.69, 9.17) is 10.5 Å². The van der Waals surface area contributed by atoms with Crippen LogP contribution in [0.1, 0.15) is 36.8 Å². The predicted molar refractivity (Wildman–Crippen MR) is 94.5 cm³/mol. The highest BCUT2D eigenvalue weighted by Crippen LogP contribution is 2.18. The molecule has 2 saturated heterocycles. The summed E-state index contributed by atoms with van der Waals surface area (Å²) in [6.07, 6.45) is 3.28. The van der Waals surface area contributed by atoms with Crippen molar-refractivity contribution in [1.29, 1.82) is 0 Å². The summed E-state index contributed by atoms with van der Waals surface area (Å²) in [5.41, 5.74) is 8.22. The minimum absolute atomic E-state index is 0.105. The van der Waals surface area contributed by atoms with Crippen LogP contribution in [0, 0.1) is 5.92 Å². The van der Waals surface area contributed by atoms with Crippen molar-refractivity contribution in [2.75, 3.05) is 19.8 Å². The number of nitrogens with two attached hydrogens (primary N) is 1. The maximum atomic E-state index is 12.3. The first-order chi connectivity index (χ1) is 12.1. The van der Waals surface area contributed by atoms with Crippen molar-refractivity contribution in [1.82, 2.24) is 10.2 Å². The van der Waals surface area contributed by atoms with Gasteiger partial charge >= 0.3 is 0 Å². The second-order valence-electron chi connectivity index (χ2n) is 6.93. The number of nitrogens with zero attached hydrogens (tertiary/aromatic N) is 1. The van der Waals surface area contributed by atoms with Gasteiger partial charge in [-0.25, -0.2) is 0 Å². The average molecular weight is 345 g/mol. The first kappa shape index (κ1) is 17.9. The van der Waals surface area contributed by atoms with Crippen molar-refractivity contribution < 1.29 is 14.3 Å². The van der Waals surface area contributed by atoms with Gasteiger partial charge in [0.25, 0.3) is 0 Å². The normalized spacial score (nSPS) is 19.9. The third-order valence-electron chi connectivity index (χ3n) is 5.08. The Labute approximate surface area is 148 Å². The molecule has 0 aromatic heterocycles. The van der Waals surface area contributed by atoms with Crippen molar-refractivity contribution in [3.63, 3.8) is 0 Å². The number of hydrogen-bond donors (Lipinski definition) is 2. The lowest BCUT2D eigenvalue weighted by molar-refractivity contribution is -0.128. The Bertz CT molecular complexity index is 614. The summed E-state index contributed by atoms with van der Waals surface area (Å²) in [6, 6.07) is 7.54. The lowest BCUT2D eigenvalue weighted by atomic mass is 9.92. The van der Waals surface area contributed by atoms with Crippen molar-refractivity contribution in [3.05, 3.63) is 35.4 Å². The average Bonchev–Trinajstić information content (AvgIpc) is 3.05. The first-order valence-electron chi connectivity index (χ1n) is 9.10. The highest BCUT2D eigenvalue weighted by atomic mass is 16.5. The van der Waals surface area contributed by atoms with Crippen molar-refractivity contribution in [2.45, 2.75) is 44.8 Å². The molecule has 2 aliphatic rings. The Hall–Kier alpha value is -1.92. The molecule has 0 saturated carbocycles. The fourth-order valence-electron chi connectivity index (χ4n) is 3.53. The minimum Gasteiger partial charge on any atom is -0.381 e. The van der Waals surface area contributed by atoms with Gasteiger partial charge in [-0.15, -0.1) is 0 Å². The highest BCUT2D eigenvalue weighted by Gasteiger charge is 2.26. The fourth-order valence-corrected chi connectivity index (χ4v) is 3.53. The van der Waals surface area contributed by atoms with E-state index in [9.17, 15) is 9.59 Å². The number of benzene rings is 1. The van der Waals surface area contributed by atoms with Gasteiger partial charge in [0.1, 0.15) is 0 Å². The topological polar surface area (TPSA) is 84.7 Å². The highest BCUT2D eigenvalue weighted by molar-refractivity contribution is 5.81. The summed E-state index contributed by atoms with van der Waals surface area (Å²) in [6.45, 7) is 3.30. The zero-order valence-corrected chi connectivity index (χ0v) is 14.6. The SMILES string of the molecule is NC(C(=O)NCc1cccc(CN2CCCC2=O)c1)C1CCOCC1. The van der Waals surface area contributed by atoms with Crippen LogP contribution in [-0.2, 0) is 27.4 Å². The van der Waals surface area contributed by atoms with Gasteiger partial charge in [-0.05, 0) is 36.3 Å². The number of carbonyl (C=O) groups is 2. The minimum atomic E-state index is -0.477. The van der Waals surface area contributed by atoms with E-state index in [1.807, 2.05) is 29.2 Å². The van der Waals surface area contributed by atoms with Crippen LogP contribution in [0.25, 0.3) is 0 Å². The predicted octanol–water partition coefficient (Wildman–Crippen LogP) is 1.18. The third kappa shape index (κ3) is 4.80. The van der Waals surface area contributed by atoms with Crippen LogP contribution in [0.3, 0.4) is 0 Å². The zero-order valence-electron chi connectivity index (χ0n) is 14.6. The van der Waals surface area contributed by atoms with Crippen LogP contribution in [0.2, 0.25) is 0 Å². The van der Waals surface area contributed by atoms with Crippen molar-refractivity contribution in [3.8, 4) is 0 Å². The second-order valence-corrected chi connectivity index (χ2v) is 6.93. The smallest absolute Gasteiger partial charge is 0.237 e. The van der Waals surface area contributed by atoms with E-state index in [1.54, 1.807) is 0 Å². The van der Waals surface area contributed by atoms with Gasteiger partial charge in [-0.1, -0.05) is 24.3 Å². The Morgan fingerprint density at radius 2 is 2.08 bits per heavy atom. The molecule has 136 valence electrons. The van der Waals surface area contributed by atoms with E-state index in [-0.39, 0.29) is 17.7 Å². The summed E-state index contributed by atoms with van der Waals surface area (Å²) < 4.78 is 5.32. The molecule has 2 fully saturated rings. The van der Waals surface area contributed by atoms with Gasteiger partial charge in [0.2, 0.25) is 11.8 Å². The lowest BCUT2D eigenvalue weighted by Gasteiger charge is -2.26. The molecule has 0 radical (unpaired) electrons. The monoisotopic (exact) mass is 345 g/mol. The summed E-state index contributed by atoms with van der Waals surface area (Å²) >= 11 is 0. The van der Waals surface area contributed by atoms with Gasteiger partial charge in [-0.2, -0.15) is 0 Å². The zero-order chi connectivity index (χ0) is 17.6. The van der Waals surface area contributed by atoms with E-state index < -0.39 is 6.04 Å². The molecule has 2 amide bonds. The number of hydrogen-bond acceptors (Lipinski definition) is 4. The molecule has 1 aromatic rings. The first-order valence-corrected chi connectivity index (χ1v) is 9.10. The molecular weight excluding hydrogens is 318 g/mol. The summed E-state index contributed by atoms with van der Waals surface area (Å²) in [7, 11) is 0. The molecule has 25 heavy (non-hydrogen) atoms. The van der Waals surface area contributed by atoms with Gasteiger partial charge in [0.05, 0.1) is 6.04 Å². The van der Waals surface area contributed by atoms with Crippen molar-refractivity contribution in [2.24, 2.45) is 11.7 Å². The van der Waals surface area contributed by atoms with Gasteiger partial charge < -0.3 is 20.7 Å². The van der Waals surface area contributed by atoms with Gasteiger partial charge in [0.15, 0.2) is 0 Å². The van der Waals surface area contributed by atoms with Gasteiger partial charge in [-0.3, -0.25) is 9.59 Å². The molecular formula is C19H27N3O3. The maximum Gasteiger partial charge on any atom is 0.237 e. The quantitative estimate of drug-likeness (QED) is 0.811. The molecule has 1 aromatic carbocycles. The van der Waals surface area contributed by atoms with Crippen LogP contribution in [-0.4, -0.2) is 42.5 Å². The van der Waals surface area contributed by atoms with Crippen LogP contribution >= 0.6 is 0 Å². The number of nitrogens with one attached hydrogen (secondary N) is 1. The summed E-state index contributed by atoms with van der Waals surface area (Å²) in [5, 5.41) is 2.94. The molecule has 0 bridgehead atoms. The molecule has 1 atom stereocenters. The third-order valence-corrected chi connectivity index (χ3v) is 5.08. The van der Waals surface area contributed by atoms with Crippen LogP contribution in [0.4, 0.5) is 0 Å². The summed E-state index contributed by atoms with van der Waals surface area (Å²) in [4.78, 5) is 25.9. The number of rotatable bonds is 6. The number of amides is 2. The molecule has 2 aliphatic heterocycles. The second kappa shape index (κ2) is 8.45. The van der Waals surface area contributed by atoms with Crippen LogP contribution in [0.5, 0.6) is 0 Å². The Morgan fingerprint density at radius 3 is 2.80 bits per heavy atom. The number of ether oxygens (including phenoxy) is 1. The molecule has 0 spiro atoms. The molecule has 3 rings (SSSR count). The fraction of sp³-hybridized carbons (Fsp3) is 0.579. The van der Waals surface area contributed by atoms with E-state index >= 15 is 0 Å². The largest absolute Gasteiger partial charge is 0.381 e. The molecule has 6 heteroatoms. The lowest BCUT2D eigenvalue weighted by Crippen LogP contribution is -2.46.